The number of likely N-dealkylation sites (tertiary alicyclic amines) is 1. The number of methoxy groups -OCH3 is 1. The molecular weight excluding hydrogens is 340 g/mol. The van der Waals surface area contributed by atoms with E-state index in [9.17, 15) is 9.59 Å². The van der Waals surface area contributed by atoms with E-state index in [1.54, 1.807) is 18.1 Å². The lowest BCUT2D eigenvalue weighted by atomic mass is 9.99. The van der Waals surface area contributed by atoms with E-state index in [2.05, 4.69) is 4.98 Å². The van der Waals surface area contributed by atoms with Gasteiger partial charge in [0.2, 0.25) is 0 Å². The SMILES string of the molecule is COc1cccc2c(C(=O)N3CCC[C@H]3C(=O)C(C)C)nc(Cl)cc12. The summed E-state index contributed by atoms with van der Waals surface area (Å²) >= 11 is 6.15. The van der Waals surface area contributed by atoms with Crippen LogP contribution in [0.2, 0.25) is 5.15 Å². The van der Waals surface area contributed by atoms with E-state index in [0.29, 0.717) is 24.1 Å². The maximum Gasteiger partial charge on any atom is 0.273 e. The molecule has 1 saturated heterocycles. The molecule has 0 bridgehead atoms. The first-order valence-electron chi connectivity index (χ1n) is 8.42. The van der Waals surface area contributed by atoms with Crippen LogP contribution < -0.4 is 4.74 Å². The Kier molecular flexibility index (Phi) is 4.95. The molecule has 0 aliphatic carbocycles. The van der Waals surface area contributed by atoms with E-state index in [1.165, 1.54) is 0 Å². The molecule has 1 aliphatic rings. The van der Waals surface area contributed by atoms with Crippen molar-refractivity contribution < 1.29 is 14.3 Å². The minimum atomic E-state index is -0.381. The highest BCUT2D eigenvalue weighted by molar-refractivity contribution is 6.30. The van der Waals surface area contributed by atoms with Gasteiger partial charge in [-0.3, -0.25) is 9.59 Å². The molecule has 1 fully saturated rings. The molecule has 3 rings (SSSR count). The highest BCUT2D eigenvalue weighted by Crippen LogP contribution is 2.31. The fourth-order valence-corrected chi connectivity index (χ4v) is 3.58. The number of Topliss-reactive ketones (excluding diaryl/α,β-unsaturated/α-hetero) is 1. The lowest BCUT2D eigenvalue weighted by Crippen LogP contribution is -2.42. The Morgan fingerprint density at radius 1 is 1.32 bits per heavy atom. The predicted molar refractivity (Wildman–Crippen MR) is 97.2 cm³/mol. The second-order valence-electron chi connectivity index (χ2n) is 6.56. The minimum absolute atomic E-state index is 0.0924. The van der Waals surface area contributed by atoms with E-state index in [1.807, 2.05) is 32.0 Å². The van der Waals surface area contributed by atoms with Gasteiger partial charge in [-0.2, -0.15) is 0 Å². The predicted octanol–water partition coefficient (Wildman–Crippen LogP) is 3.73. The summed E-state index contributed by atoms with van der Waals surface area (Å²) in [4.78, 5) is 31.5. The zero-order valence-electron chi connectivity index (χ0n) is 14.6. The normalized spacial score (nSPS) is 17.3. The van der Waals surface area contributed by atoms with Gasteiger partial charge in [-0.1, -0.05) is 37.6 Å². The van der Waals surface area contributed by atoms with Gasteiger partial charge >= 0.3 is 0 Å². The molecule has 0 N–H and O–H groups in total. The van der Waals surface area contributed by atoms with Gasteiger partial charge < -0.3 is 9.64 Å². The number of amides is 1. The van der Waals surface area contributed by atoms with Crippen LogP contribution >= 0.6 is 11.6 Å². The van der Waals surface area contributed by atoms with Crippen molar-refractivity contribution in [2.24, 2.45) is 5.92 Å². The van der Waals surface area contributed by atoms with Crippen molar-refractivity contribution in [3.05, 3.63) is 35.1 Å². The van der Waals surface area contributed by atoms with Gasteiger partial charge in [0.05, 0.1) is 13.2 Å². The van der Waals surface area contributed by atoms with Crippen molar-refractivity contribution in [2.45, 2.75) is 32.7 Å². The summed E-state index contributed by atoms with van der Waals surface area (Å²) in [6.07, 6.45) is 1.52. The lowest BCUT2D eigenvalue weighted by Gasteiger charge is -2.25. The number of fused-ring (bicyclic) bond motifs is 1. The molecule has 2 heterocycles. The number of rotatable bonds is 4. The maximum atomic E-state index is 13.2. The van der Waals surface area contributed by atoms with Crippen LogP contribution in [0.3, 0.4) is 0 Å². The van der Waals surface area contributed by atoms with Crippen molar-refractivity contribution in [3.63, 3.8) is 0 Å². The molecule has 0 unspecified atom stereocenters. The topological polar surface area (TPSA) is 59.5 Å². The van der Waals surface area contributed by atoms with Crippen LogP contribution in [0.5, 0.6) is 5.75 Å². The van der Waals surface area contributed by atoms with Crippen LogP contribution in [0.1, 0.15) is 37.2 Å². The van der Waals surface area contributed by atoms with Crippen LogP contribution in [0, 0.1) is 5.92 Å². The second kappa shape index (κ2) is 7.00. The zero-order chi connectivity index (χ0) is 18.1. The third kappa shape index (κ3) is 3.21. The smallest absolute Gasteiger partial charge is 0.273 e. The summed E-state index contributed by atoms with van der Waals surface area (Å²) in [5.74, 6) is 0.363. The van der Waals surface area contributed by atoms with Crippen LogP contribution in [0.15, 0.2) is 24.3 Å². The average molecular weight is 361 g/mol. The average Bonchev–Trinajstić information content (AvgIpc) is 3.08. The van der Waals surface area contributed by atoms with Crippen LogP contribution in [0.4, 0.5) is 0 Å². The molecule has 25 heavy (non-hydrogen) atoms. The first-order valence-corrected chi connectivity index (χ1v) is 8.79. The number of nitrogens with zero attached hydrogens (tertiary/aromatic N) is 2. The first kappa shape index (κ1) is 17.7. The Labute approximate surface area is 151 Å². The summed E-state index contributed by atoms with van der Waals surface area (Å²) in [5, 5.41) is 1.64. The first-order chi connectivity index (χ1) is 11.9. The molecule has 1 aromatic heterocycles. The third-order valence-corrected chi connectivity index (χ3v) is 4.83. The van der Waals surface area contributed by atoms with Crippen LogP contribution in [0.25, 0.3) is 10.8 Å². The molecule has 1 atom stereocenters. The maximum absolute atomic E-state index is 13.2. The number of aromatic nitrogens is 1. The van der Waals surface area contributed by atoms with Gasteiger partial charge in [-0.05, 0) is 25.0 Å². The molecule has 2 aromatic rings. The highest BCUT2D eigenvalue weighted by Gasteiger charge is 2.36. The van der Waals surface area contributed by atoms with E-state index in [-0.39, 0.29) is 34.5 Å². The molecule has 0 spiro atoms. The number of hydrogen-bond donors (Lipinski definition) is 0. The number of carbonyl (C=O) groups excluding carboxylic acids is 2. The van der Waals surface area contributed by atoms with Crippen LogP contribution in [-0.2, 0) is 4.79 Å². The van der Waals surface area contributed by atoms with Crippen molar-refractivity contribution >= 4 is 34.1 Å². The number of carbonyl (C=O) groups is 2. The molecule has 0 saturated carbocycles. The fourth-order valence-electron chi connectivity index (χ4n) is 3.39. The molecule has 1 aromatic carbocycles. The van der Waals surface area contributed by atoms with Crippen molar-refractivity contribution in [1.82, 2.24) is 9.88 Å². The van der Waals surface area contributed by atoms with Gasteiger partial charge in [0.1, 0.15) is 16.6 Å². The molecule has 6 heteroatoms. The number of benzene rings is 1. The van der Waals surface area contributed by atoms with Crippen molar-refractivity contribution in [2.75, 3.05) is 13.7 Å². The van der Waals surface area contributed by atoms with E-state index < -0.39 is 0 Å². The number of ketones is 1. The van der Waals surface area contributed by atoms with E-state index in [4.69, 9.17) is 16.3 Å². The van der Waals surface area contributed by atoms with Crippen molar-refractivity contribution in [1.29, 1.82) is 0 Å². The Bertz CT molecular complexity index is 835. The van der Waals surface area contributed by atoms with Crippen LogP contribution in [-0.4, -0.2) is 41.3 Å². The molecule has 0 radical (unpaired) electrons. The third-order valence-electron chi connectivity index (χ3n) is 4.64. The fraction of sp³-hybridized carbons (Fsp3) is 0.421. The van der Waals surface area contributed by atoms with Gasteiger partial charge in [0, 0.05) is 23.2 Å². The van der Waals surface area contributed by atoms with Gasteiger partial charge in [0.25, 0.3) is 5.91 Å². The zero-order valence-corrected chi connectivity index (χ0v) is 15.3. The Morgan fingerprint density at radius 3 is 2.76 bits per heavy atom. The van der Waals surface area contributed by atoms with Crippen molar-refractivity contribution in [3.8, 4) is 5.75 Å². The molecule has 1 amide bonds. The Balaban J connectivity index is 2.07. The highest BCUT2D eigenvalue weighted by atomic mass is 35.5. The standard InChI is InChI=1S/C19H21ClN2O3/c1-11(2)18(23)14-7-5-9-22(14)19(24)17-12-6-4-8-15(25-3)13(12)10-16(20)21-17/h4,6,8,10-11,14H,5,7,9H2,1-3H3/t14-/m0/s1. The molecule has 132 valence electrons. The molecule has 5 nitrogen and oxygen atoms in total. The number of halogens is 1. The summed E-state index contributed by atoms with van der Waals surface area (Å²) in [6, 6.07) is 6.76. The molecule has 1 aliphatic heterocycles. The number of pyridine rings is 1. The number of hydrogen-bond acceptors (Lipinski definition) is 4. The molecular formula is C19H21ClN2O3. The van der Waals surface area contributed by atoms with Gasteiger partial charge in [-0.15, -0.1) is 0 Å². The Morgan fingerprint density at radius 2 is 2.08 bits per heavy atom. The summed E-state index contributed by atoms with van der Waals surface area (Å²) < 4.78 is 5.37. The van der Waals surface area contributed by atoms with Gasteiger partial charge in [-0.25, -0.2) is 4.98 Å². The Hall–Kier alpha value is -2.14. The summed E-state index contributed by atoms with van der Waals surface area (Å²) in [7, 11) is 1.57. The summed E-state index contributed by atoms with van der Waals surface area (Å²) in [6.45, 7) is 4.28. The van der Waals surface area contributed by atoms with E-state index >= 15 is 0 Å². The van der Waals surface area contributed by atoms with Gasteiger partial charge in [0.15, 0.2) is 5.78 Å². The minimum Gasteiger partial charge on any atom is -0.496 e. The number of ether oxygens (including phenoxy) is 1. The second-order valence-corrected chi connectivity index (χ2v) is 6.95. The van der Waals surface area contributed by atoms with E-state index in [0.717, 1.165) is 11.8 Å². The lowest BCUT2D eigenvalue weighted by molar-refractivity contribution is -0.125. The summed E-state index contributed by atoms with van der Waals surface area (Å²) in [5.41, 5.74) is 0.268. The monoisotopic (exact) mass is 360 g/mol. The largest absolute Gasteiger partial charge is 0.496 e. The quantitative estimate of drug-likeness (QED) is 0.779.